The Hall–Kier alpha value is -9.29. The van der Waals surface area contributed by atoms with E-state index in [-0.39, 0.29) is 54.7 Å². The van der Waals surface area contributed by atoms with Crippen LogP contribution in [0.15, 0.2) is 185 Å². The van der Waals surface area contributed by atoms with Crippen LogP contribution in [-0.2, 0) is 44.9 Å². The van der Waals surface area contributed by atoms with Gasteiger partial charge in [0.05, 0.1) is 37.9 Å². The van der Waals surface area contributed by atoms with E-state index in [4.69, 9.17) is 22.9 Å². The van der Waals surface area contributed by atoms with Crippen molar-refractivity contribution in [2.45, 2.75) is 51.4 Å². The first kappa shape index (κ1) is 55.0. The van der Waals surface area contributed by atoms with E-state index >= 15 is 0 Å². The number of rotatable bonds is 22. The predicted molar refractivity (Wildman–Crippen MR) is 329 cm³/mol. The normalized spacial score (nSPS) is 11.4. The van der Waals surface area contributed by atoms with Crippen LogP contribution in [0, 0.1) is 5.41 Å². The van der Waals surface area contributed by atoms with E-state index in [1.807, 2.05) is 163 Å². The Kier molecular flexibility index (Phi) is 16.9. The Balaban J connectivity index is 1.11. The number of thiol groups is 1. The first-order valence-electron chi connectivity index (χ1n) is 26.3. The van der Waals surface area contributed by atoms with Crippen molar-refractivity contribution in [2.75, 3.05) is 9.80 Å². The SMILES string of the molecule is N=c1c(-c2ccc(N(c3ccc(CCC(N)=O)cc3)c3ccc(CCC(N)=O)cc3)cc2)c2[nH]c(-c3cccs3)c(-c3cccs3)[nH]c-2c(-c2ccc(N(c3ccc(CCC(N)=O)cc3)c3ccc(CCC(N)=O)cc3)cc2)c1=NS. The number of anilines is 6. The number of nitrogens with two attached hydrogens (primary N) is 4. The highest BCUT2D eigenvalue weighted by atomic mass is 32.1. The second-order valence-corrected chi connectivity index (χ2v) is 21.7. The summed E-state index contributed by atoms with van der Waals surface area (Å²) < 4.78 is 4.60. The fourth-order valence-electron chi connectivity index (χ4n) is 10.0. The molecular weight excluding hydrogens is 1070 g/mol. The number of nitrogens with one attached hydrogen (secondary N) is 3. The number of fused-ring (bicyclic) bond motifs is 1. The molecule has 14 nitrogen and oxygen atoms in total. The Bertz CT molecular complexity index is 3830. The molecule has 2 aromatic heterocycles. The maximum Gasteiger partial charge on any atom is 0.217 e. The number of amides is 4. The molecule has 0 atom stereocenters. The first-order chi connectivity index (χ1) is 39.3. The lowest BCUT2D eigenvalue weighted by Crippen LogP contribution is -2.31. The van der Waals surface area contributed by atoms with Crippen molar-refractivity contribution in [1.29, 1.82) is 5.41 Å². The standard InChI is InChI=1S/C64H58N10O4S3/c65-53(75)33-13-39-5-21-45(22-6-39)73(46-23-7-40(8-24-46)14-34-54(66)76)49-29-17-43(18-30-49)57-59(69)62(72-79)58(64-63(57)70-60(51-3-1-37-80-51)61(71-64)52-4-2-38-81-52)44-19-31-50(32-20-44)74(47-25-9-41(10-26-47)15-35-55(67)77)48-27-11-42(12-28-48)16-36-56(68)78/h1-12,17-32,37-38,69-71,79H,13-16,33-36H2,(H2,65,75)(H2,66,76)(H2,67,77)(H2,68,78). The number of aromatic nitrogens is 2. The van der Waals surface area contributed by atoms with Crippen LogP contribution in [0.25, 0.3) is 54.8 Å². The summed E-state index contributed by atoms with van der Waals surface area (Å²) in [5.41, 5.74) is 37.1. The van der Waals surface area contributed by atoms with Crippen LogP contribution < -0.4 is 43.4 Å². The van der Waals surface area contributed by atoms with Gasteiger partial charge in [-0.1, -0.05) is 84.9 Å². The summed E-state index contributed by atoms with van der Waals surface area (Å²) in [6, 6.07) is 56.6. The Morgan fingerprint density at radius 2 is 0.704 bits per heavy atom. The molecular formula is C64H58N10O4S3. The monoisotopic (exact) mass is 1130 g/mol. The number of hydrogen-bond donors (Lipinski definition) is 8. The van der Waals surface area contributed by atoms with Crippen LogP contribution in [0.1, 0.15) is 47.9 Å². The number of primary amides is 4. The van der Waals surface area contributed by atoms with Gasteiger partial charge in [0, 0.05) is 70.9 Å². The van der Waals surface area contributed by atoms with Gasteiger partial charge in [-0.05, 0) is 168 Å². The van der Waals surface area contributed by atoms with Gasteiger partial charge < -0.3 is 42.7 Å². The molecule has 10 rings (SSSR count). The van der Waals surface area contributed by atoms with E-state index in [0.29, 0.717) is 47.9 Å². The van der Waals surface area contributed by atoms with E-state index < -0.39 is 0 Å². The molecule has 2 aliphatic rings. The van der Waals surface area contributed by atoms with Gasteiger partial charge in [0.15, 0.2) is 0 Å². The molecule has 0 radical (unpaired) electrons. The third-order valence-corrected chi connectivity index (χ3v) is 16.1. The Labute approximate surface area is 481 Å². The van der Waals surface area contributed by atoms with Gasteiger partial charge in [-0.25, -0.2) is 4.40 Å². The van der Waals surface area contributed by atoms with E-state index in [1.54, 1.807) is 22.7 Å². The Morgan fingerprint density at radius 1 is 0.420 bits per heavy atom. The summed E-state index contributed by atoms with van der Waals surface area (Å²) in [6.45, 7) is 0. The number of nitrogens with zero attached hydrogens (tertiary/aromatic N) is 3. The molecule has 4 amide bonds. The molecule has 11 N–H and O–H groups in total. The maximum atomic E-state index is 11.6. The fourth-order valence-corrected chi connectivity index (χ4v) is 11.7. The van der Waals surface area contributed by atoms with Crippen molar-refractivity contribution in [2.24, 2.45) is 27.3 Å². The van der Waals surface area contributed by atoms with Gasteiger partial charge in [-0.2, -0.15) is 0 Å². The number of benzene rings is 7. The number of carbonyl (C=O) groups is 4. The van der Waals surface area contributed by atoms with Crippen molar-refractivity contribution in [3.63, 3.8) is 0 Å². The predicted octanol–water partition coefficient (Wildman–Crippen LogP) is 12.1. The minimum absolute atomic E-state index is 0.166. The van der Waals surface area contributed by atoms with Crippen LogP contribution in [-0.4, -0.2) is 33.6 Å². The summed E-state index contributed by atoms with van der Waals surface area (Å²) in [5, 5.41) is 14.8. The highest BCUT2D eigenvalue weighted by Gasteiger charge is 2.27. The van der Waals surface area contributed by atoms with Crippen molar-refractivity contribution in [1.82, 2.24) is 9.97 Å². The van der Waals surface area contributed by atoms with Crippen LogP contribution in [0.4, 0.5) is 34.1 Å². The number of hydrogen-bond acceptors (Lipinski definition) is 11. The molecule has 1 aliphatic heterocycles. The van der Waals surface area contributed by atoms with Crippen molar-refractivity contribution < 1.29 is 19.2 Å². The number of aryl methyl sites for hydroxylation is 4. The highest BCUT2D eigenvalue weighted by molar-refractivity contribution is 7.78. The third-order valence-electron chi connectivity index (χ3n) is 14.1. The largest absolute Gasteiger partial charge is 0.370 e. The molecule has 406 valence electrons. The molecule has 0 unspecified atom stereocenters. The van der Waals surface area contributed by atoms with E-state index in [1.165, 1.54) is 0 Å². The molecule has 0 bridgehead atoms. The van der Waals surface area contributed by atoms with Gasteiger partial charge in [0.25, 0.3) is 0 Å². The van der Waals surface area contributed by atoms with Crippen LogP contribution >= 0.6 is 35.5 Å². The second kappa shape index (κ2) is 24.8. The van der Waals surface area contributed by atoms with Gasteiger partial charge in [0.2, 0.25) is 23.6 Å². The summed E-state index contributed by atoms with van der Waals surface area (Å²) in [4.78, 5) is 60.6. The third kappa shape index (κ3) is 12.6. The van der Waals surface area contributed by atoms with E-state index in [2.05, 4.69) is 54.5 Å². The van der Waals surface area contributed by atoms with Crippen molar-refractivity contribution in [3.05, 3.63) is 214 Å². The smallest absolute Gasteiger partial charge is 0.217 e. The minimum Gasteiger partial charge on any atom is -0.370 e. The first-order valence-corrected chi connectivity index (χ1v) is 28.4. The number of carbonyl (C=O) groups excluding carboxylic acids is 4. The molecule has 6 aromatic carbocycles. The molecule has 81 heavy (non-hydrogen) atoms. The molecule has 8 aromatic rings. The zero-order valence-corrected chi connectivity index (χ0v) is 46.6. The lowest BCUT2D eigenvalue weighted by molar-refractivity contribution is -0.118. The Morgan fingerprint density at radius 3 is 0.975 bits per heavy atom. The lowest BCUT2D eigenvalue weighted by atomic mass is 9.91. The molecule has 1 aliphatic carbocycles. The number of aromatic amines is 2. The summed E-state index contributed by atoms with van der Waals surface area (Å²) in [5.74, 6) is -1.43. The van der Waals surface area contributed by atoms with Crippen LogP contribution in [0.3, 0.4) is 0 Å². The molecule has 3 heterocycles. The molecule has 0 spiro atoms. The molecule has 0 saturated heterocycles. The van der Waals surface area contributed by atoms with Gasteiger partial charge in [-0.15, -0.1) is 22.7 Å². The molecule has 17 heteroatoms. The highest BCUT2D eigenvalue weighted by Crippen LogP contribution is 2.44. The average molecular weight is 1130 g/mol. The molecule has 0 fully saturated rings. The summed E-state index contributed by atoms with van der Waals surface area (Å²) in [6.07, 6.45) is 3.09. The van der Waals surface area contributed by atoms with Crippen LogP contribution in [0.2, 0.25) is 0 Å². The summed E-state index contributed by atoms with van der Waals surface area (Å²) >= 11 is 7.85. The van der Waals surface area contributed by atoms with Gasteiger partial charge in [0.1, 0.15) is 5.36 Å². The molecule has 0 saturated carbocycles. The quantitative estimate of drug-likeness (QED) is 0.0306. The summed E-state index contributed by atoms with van der Waals surface area (Å²) in [7, 11) is 0. The van der Waals surface area contributed by atoms with Gasteiger partial charge in [-0.3, -0.25) is 24.6 Å². The van der Waals surface area contributed by atoms with Crippen molar-refractivity contribution in [3.8, 4) is 54.8 Å². The topological polar surface area (TPSA) is 247 Å². The van der Waals surface area contributed by atoms with Crippen LogP contribution in [0.5, 0.6) is 0 Å². The fraction of sp³-hybridized carbons (Fsp3) is 0.125. The number of thiophene rings is 2. The minimum atomic E-state index is -0.358. The zero-order valence-electron chi connectivity index (χ0n) is 44.0. The lowest BCUT2D eigenvalue weighted by Gasteiger charge is -2.27. The van der Waals surface area contributed by atoms with Gasteiger partial charge >= 0.3 is 0 Å². The zero-order chi connectivity index (χ0) is 56.6. The van der Waals surface area contributed by atoms with E-state index in [0.717, 1.165) is 94.3 Å². The average Bonchev–Trinajstić information content (AvgIpc) is 4.26. The van der Waals surface area contributed by atoms with Crippen molar-refractivity contribution >= 4 is 93.2 Å². The number of H-pyrrole nitrogens is 2. The second-order valence-electron chi connectivity index (χ2n) is 19.6. The maximum absolute atomic E-state index is 11.6. The van der Waals surface area contributed by atoms with E-state index in [9.17, 15) is 24.6 Å².